The van der Waals surface area contributed by atoms with Crippen molar-refractivity contribution in [1.82, 2.24) is 5.32 Å². The van der Waals surface area contributed by atoms with Crippen LogP contribution in [0.3, 0.4) is 0 Å². The Balaban J connectivity index is 0. The maximum atomic E-state index is 12.2. The van der Waals surface area contributed by atoms with Gasteiger partial charge in [-0.1, -0.05) is 0 Å². The molecular formula is C9H19Cl2F3N2. The van der Waals surface area contributed by atoms with Crippen LogP contribution in [0.4, 0.5) is 13.2 Å². The van der Waals surface area contributed by atoms with Crippen LogP contribution < -0.4 is 11.1 Å². The van der Waals surface area contributed by atoms with Gasteiger partial charge in [0, 0.05) is 12.1 Å². The summed E-state index contributed by atoms with van der Waals surface area (Å²) in [6, 6.07) is -1.26. The van der Waals surface area contributed by atoms with Crippen LogP contribution in [0.1, 0.15) is 32.6 Å². The number of nitrogens with two attached hydrogens (primary N) is 1. The average Bonchev–Trinajstić information content (AvgIpc) is 2.07. The smallest absolute Gasteiger partial charge is 0.328 e. The Bertz CT molecular complexity index is 182. The van der Waals surface area contributed by atoms with Crippen LogP contribution >= 0.6 is 24.8 Å². The molecule has 0 aromatic carbocycles. The highest BCUT2D eigenvalue weighted by molar-refractivity contribution is 5.85. The van der Waals surface area contributed by atoms with Crippen LogP contribution in [0.2, 0.25) is 0 Å². The molecule has 3 N–H and O–H groups in total. The minimum atomic E-state index is -4.14. The van der Waals surface area contributed by atoms with Gasteiger partial charge >= 0.3 is 6.18 Å². The zero-order chi connectivity index (χ0) is 10.8. The van der Waals surface area contributed by atoms with Crippen molar-refractivity contribution in [2.75, 3.05) is 0 Å². The van der Waals surface area contributed by atoms with Crippen molar-refractivity contribution >= 4 is 24.8 Å². The summed E-state index contributed by atoms with van der Waals surface area (Å²) in [6.07, 6.45) is -0.993. The summed E-state index contributed by atoms with van der Waals surface area (Å²) in [7, 11) is 0. The van der Waals surface area contributed by atoms with E-state index in [2.05, 4.69) is 5.32 Å². The minimum Gasteiger partial charge on any atom is -0.328 e. The van der Waals surface area contributed by atoms with Crippen LogP contribution in [0, 0.1) is 0 Å². The molecule has 0 spiro atoms. The van der Waals surface area contributed by atoms with Crippen LogP contribution in [-0.4, -0.2) is 24.3 Å². The van der Waals surface area contributed by atoms with Gasteiger partial charge < -0.3 is 11.1 Å². The standard InChI is InChI=1S/C9H17F3N2.2ClH/c1-6(9(10,11)12)14-8-4-2-7(13)3-5-8;;/h6-8,14H,2-5,13H2,1H3;2*1H. The van der Waals surface area contributed by atoms with Crippen molar-refractivity contribution in [3.05, 3.63) is 0 Å². The van der Waals surface area contributed by atoms with Crippen molar-refractivity contribution < 1.29 is 13.2 Å². The van der Waals surface area contributed by atoms with Gasteiger partial charge in [0.05, 0.1) is 0 Å². The quantitative estimate of drug-likeness (QED) is 0.817. The second-order valence-electron chi connectivity index (χ2n) is 4.04. The Kier molecular flexibility index (Phi) is 8.84. The van der Waals surface area contributed by atoms with Gasteiger partial charge in [-0.05, 0) is 32.6 Å². The van der Waals surface area contributed by atoms with E-state index < -0.39 is 12.2 Å². The first-order valence-corrected chi connectivity index (χ1v) is 4.98. The third-order valence-corrected chi connectivity index (χ3v) is 2.75. The topological polar surface area (TPSA) is 38.0 Å². The summed E-state index contributed by atoms with van der Waals surface area (Å²) in [4.78, 5) is 0. The monoisotopic (exact) mass is 282 g/mol. The van der Waals surface area contributed by atoms with E-state index in [-0.39, 0.29) is 36.9 Å². The highest BCUT2D eigenvalue weighted by Gasteiger charge is 2.37. The SMILES string of the molecule is CC(NC1CCC(N)CC1)C(F)(F)F.Cl.Cl. The molecule has 7 heteroatoms. The van der Waals surface area contributed by atoms with Gasteiger partial charge in [-0.2, -0.15) is 13.2 Å². The molecule has 0 aliphatic heterocycles. The fraction of sp³-hybridized carbons (Fsp3) is 1.00. The number of nitrogens with one attached hydrogen (secondary N) is 1. The highest BCUT2D eigenvalue weighted by atomic mass is 35.5. The van der Waals surface area contributed by atoms with Gasteiger partial charge in [0.1, 0.15) is 6.04 Å². The number of alkyl halides is 3. The van der Waals surface area contributed by atoms with E-state index in [1.54, 1.807) is 0 Å². The summed E-state index contributed by atoms with van der Waals surface area (Å²) >= 11 is 0. The number of hydrogen-bond donors (Lipinski definition) is 2. The molecule has 100 valence electrons. The molecule has 16 heavy (non-hydrogen) atoms. The fourth-order valence-corrected chi connectivity index (χ4v) is 1.73. The molecule has 1 unspecified atom stereocenters. The molecule has 2 nitrogen and oxygen atoms in total. The molecule has 0 aromatic heterocycles. The number of rotatable bonds is 2. The first-order chi connectivity index (χ1) is 6.39. The zero-order valence-electron chi connectivity index (χ0n) is 9.09. The molecule has 1 saturated carbocycles. The van der Waals surface area contributed by atoms with Gasteiger partial charge in [-0.25, -0.2) is 0 Å². The Morgan fingerprint density at radius 2 is 1.56 bits per heavy atom. The van der Waals surface area contributed by atoms with Crippen molar-refractivity contribution in [3.8, 4) is 0 Å². The molecule has 0 bridgehead atoms. The van der Waals surface area contributed by atoms with Crippen molar-refractivity contribution in [2.45, 2.75) is 56.9 Å². The first kappa shape index (κ1) is 18.6. The van der Waals surface area contributed by atoms with Crippen LogP contribution in [0.15, 0.2) is 0 Å². The zero-order valence-corrected chi connectivity index (χ0v) is 10.7. The van der Waals surface area contributed by atoms with Gasteiger partial charge in [0.15, 0.2) is 0 Å². The third-order valence-electron chi connectivity index (χ3n) is 2.75. The summed E-state index contributed by atoms with van der Waals surface area (Å²) in [5, 5.41) is 2.60. The fourth-order valence-electron chi connectivity index (χ4n) is 1.73. The summed E-state index contributed by atoms with van der Waals surface area (Å²) in [6.45, 7) is 1.16. The second-order valence-corrected chi connectivity index (χ2v) is 4.04. The van der Waals surface area contributed by atoms with Gasteiger partial charge in [-0.3, -0.25) is 0 Å². The van der Waals surface area contributed by atoms with Crippen LogP contribution in [0.25, 0.3) is 0 Å². The molecule has 1 rings (SSSR count). The molecule has 0 saturated heterocycles. The molecule has 0 heterocycles. The number of halogens is 5. The maximum Gasteiger partial charge on any atom is 0.403 e. The van der Waals surface area contributed by atoms with Gasteiger partial charge in [-0.15, -0.1) is 24.8 Å². The van der Waals surface area contributed by atoms with E-state index in [0.29, 0.717) is 0 Å². The van der Waals surface area contributed by atoms with Crippen LogP contribution in [-0.2, 0) is 0 Å². The molecule has 1 aliphatic rings. The molecule has 0 radical (unpaired) electrons. The lowest BCUT2D eigenvalue weighted by Gasteiger charge is -2.30. The average molecular weight is 283 g/mol. The number of hydrogen-bond acceptors (Lipinski definition) is 2. The Morgan fingerprint density at radius 3 is 1.94 bits per heavy atom. The first-order valence-electron chi connectivity index (χ1n) is 4.98. The van der Waals surface area contributed by atoms with E-state index in [4.69, 9.17) is 5.73 Å². The Morgan fingerprint density at radius 1 is 1.12 bits per heavy atom. The molecular weight excluding hydrogens is 264 g/mol. The van der Waals surface area contributed by atoms with E-state index in [1.807, 2.05) is 0 Å². The molecule has 0 amide bonds. The molecule has 1 atom stereocenters. The predicted molar refractivity (Wildman–Crippen MR) is 63.4 cm³/mol. The Labute approximate surface area is 106 Å². The van der Waals surface area contributed by atoms with Crippen molar-refractivity contribution in [3.63, 3.8) is 0 Å². The molecule has 1 aliphatic carbocycles. The van der Waals surface area contributed by atoms with E-state index in [0.717, 1.165) is 32.6 Å². The minimum absolute atomic E-state index is 0. The third kappa shape index (κ3) is 6.13. The molecule has 1 fully saturated rings. The van der Waals surface area contributed by atoms with Gasteiger partial charge in [0.25, 0.3) is 0 Å². The highest BCUT2D eigenvalue weighted by Crippen LogP contribution is 2.23. The molecule has 0 aromatic rings. The summed E-state index contributed by atoms with van der Waals surface area (Å²) in [5.41, 5.74) is 5.66. The predicted octanol–water partition coefficient (Wildman–Crippen LogP) is 2.64. The maximum absolute atomic E-state index is 12.2. The van der Waals surface area contributed by atoms with E-state index >= 15 is 0 Å². The largest absolute Gasteiger partial charge is 0.403 e. The van der Waals surface area contributed by atoms with Crippen molar-refractivity contribution in [1.29, 1.82) is 0 Å². The lowest BCUT2D eigenvalue weighted by atomic mass is 9.91. The normalized spacial score (nSPS) is 27.6. The summed E-state index contributed by atoms with van der Waals surface area (Å²) < 4.78 is 36.6. The summed E-state index contributed by atoms with van der Waals surface area (Å²) in [5.74, 6) is 0. The Hall–Kier alpha value is 0.290. The lowest BCUT2D eigenvalue weighted by molar-refractivity contribution is -0.153. The van der Waals surface area contributed by atoms with E-state index in [9.17, 15) is 13.2 Å². The lowest BCUT2D eigenvalue weighted by Crippen LogP contribution is -2.47. The second kappa shape index (κ2) is 7.58. The van der Waals surface area contributed by atoms with Gasteiger partial charge in [0.2, 0.25) is 0 Å². The van der Waals surface area contributed by atoms with Crippen LogP contribution in [0.5, 0.6) is 0 Å². The van der Waals surface area contributed by atoms with Crippen molar-refractivity contribution in [2.24, 2.45) is 5.73 Å². The van der Waals surface area contributed by atoms with E-state index in [1.165, 1.54) is 0 Å².